The zero-order chi connectivity index (χ0) is 19.0. The van der Waals surface area contributed by atoms with Crippen LogP contribution in [-0.2, 0) is 16.6 Å². The number of aromatic nitrogens is 1. The summed E-state index contributed by atoms with van der Waals surface area (Å²) in [6.45, 7) is 2.45. The van der Waals surface area contributed by atoms with E-state index >= 15 is 0 Å². The number of sulfonamides is 1. The Morgan fingerprint density at radius 2 is 1.85 bits per heavy atom. The molecule has 27 heavy (non-hydrogen) atoms. The minimum atomic E-state index is -3.83. The maximum absolute atomic E-state index is 12.6. The Hall–Kier alpha value is -2.71. The van der Waals surface area contributed by atoms with Gasteiger partial charge in [0.15, 0.2) is 0 Å². The van der Waals surface area contributed by atoms with Gasteiger partial charge >= 0.3 is 0 Å². The largest absolute Gasteiger partial charge is 0.494 e. The van der Waals surface area contributed by atoms with Crippen molar-refractivity contribution in [2.24, 2.45) is 0 Å². The molecule has 0 bridgehead atoms. The molecule has 8 heteroatoms. The average Bonchev–Trinajstić information content (AvgIpc) is 3.21. The first-order chi connectivity index (χ1) is 13.0. The van der Waals surface area contributed by atoms with E-state index in [-0.39, 0.29) is 17.0 Å². The van der Waals surface area contributed by atoms with Crippen LogP contribution in [0.1, 0.15) is 22.3 Å². The summed E-state index contributed by atoms with van der Waals surface area (Å²) in [5.41, 5.74) is 1.85. The van der Waals surface area contributed by atoms with E-state index in [0.717, 1.165) is 21.3 Å². The molecule has 4 rings (SSSR count). The Labute approximate surface area is 161 Å². The maximum atomic E-state index is 12.6. The first-order valence-electron chi connectivity index (χ1n) is 8.34. The molecule has 0 radical (unpaired) electrons. The predicted molar refractivity (Wildman–Crippen MR) is 102 cm³/mol. The fourth-order valence-electron chi connectivity index (χ4n) is 2.91. The Morgan fingerprint density at radius 1 is 1.11 bits per heavy atom. The molecule has 1 aliphatic rings. The molecule has 3 aromatic rings. The fraction of sp³-hybridized carbons (Fsp3) is 0.158. The van der Waals surface area contributed by atoms with Crippen LogP contribution in [0.15, 0.2) is 58.8 Å². The van der Waals surface area contributed by atoms with E-state index in [1.54, 1.807) is 12.1 Å². The molecule has 2 heterocycles. The molecule has 0 atom stereocenters. The van der Waals surface area contributed by atoms with Gasteiger partial charge in [-0.3, -0.25) is 4.79 Å². The van der Waals surface area contributed by atoms with Gasteiger partial charge in [-0.1, -0.05) is 12.1 Å². The highest BCUT2D eigenvalue weighted by molar-refractivity contribution is 7.90. The first kappa shape index (κ1) is 17.7. The van der Waals surface area contributed by atoms with E-state index in [1.165, 1.54) is 23.5 Å². The normalized spacial score (nSPS) is 15.0. The summed E-state index contributed by atoms with van der Waals surface area (Å²) in [6, 6.07) is 13.8. The number of benzene rings is 2. The topological polar surface area (TPSA) is 76.6 Å². The summed E-state index contributed by atoms with van der Waals surface area (Å²) in [5.74, 6) is 0.270. The number of ether oxygens (including phenoxy) is 1. The standard InChI is InChI=1S/C19H16N2O4S2/c1-2-25-14-9-7-13(8-10-14)16-12-26-18(20-16)11-21-19(22)15-5-3-4-6-17(15)27(21,23)24/h3-10,12H,2,11H2,1H3. The highest BCUT2D eigenvalue weighted by Gasteiger charge is 2.41. The van der Waals surface area contributed by atoms with Gasteiger partial charge in [0, 0.05) is 10.9 Å². The van der Waals surface area contributed by atoms with Gasteiger partial charge in [0.25, 0.3) is 15.9 Å². The van der Waals surface area contributed by atoms with Gasteiger partial charge < -0.3 is 4.74 Å². The van der Waals surface area contributed by atoms with Crippen molar-refractivity contribution in [1.29, 1.82) is 0 Å². The van der Waals surface area contributed by atoms with E-state index in [2.05, 4.69) is 4.98 Å². The molecule has 1 amide bonds. The molecular weight excluding hydrogens is 384 g/mol. The minimum absolute atomic E-state index is 0.0540. The molecule has 0 fully saturated rings. The van der Waals surface area contributed by atoms with Crippen molar-refractivity contribution >= 4 is 27.3 Å². The number of rotatable bonds is 5. The quantitative estimate of drug-likeness (QED) is 0.655. The summed E-state index contributed by atoms with van der Waals surface area (Å²) in [4.78, 5) is 17.1. The second kappa shape index (κ2) is 6.79. The van der Waals surface area contributed by atoms with E-state index in [4.69, 9.17) is 4.74 Å². The molecule has 0 spiro atoms. The van der Waals surface area contributed by atoms with Crippen molar-refractivity contribution in [3.05, 3.63) is 64.5 Å². The highest BCUT2D eigenvalue weighted by Crippen LogP contribution is 2.32. The monoisotopic (exact) mass is 400 g/mol. The molecule has 1 aromatic heterocycles. The van der Waals surface area contributed by atoms with Crippen LogP contribution < -0.4 is 4.74 Å². The third-order valence-corrected chi connectivity index (χ3v) is 6.82. The highest BCUT2D eigenvalue weighted by atomic mass is 32.2. The van der Waals surface area contributed by atoms with Crippen LogP contribution in [0, 0.1) is 0 Å². The number of carbonyl (C=O) groups is 1. The summed E-state index contributed by atoms with van der Waals surface area (Å²) in [6.07, 6.45) is 0. The maximum Gasteiger partial charge on any atom is 0.269 e. The van der Waals surface area contributed by atoms with Crippen LogP contribution in [0.3, 0.4) is 0 Å². The van der Waals surface area contributed by atoms with Crippen molar-refractivity contribution in [1.82, 2.24) is 9.29 Å². The first-order valence-corrected chi connectivity index (χ1v) is 10.7. The van der Waals surface area contributed by atoms with Gasteiger partial charge in [-0.2, -0.15) is 0 Å². The lowest BCUT2D eigenvalue weighted by Gasteiger charge is -2.12. The summed E-state index contributed by atoms with van der Waals surface area (Å²) >= 11 is 1.33. The lowest BCUT2D eigenvalue weighted by molar-refractivity contribution is 0.0865. The SMILES string of the molecule is CCOc1ccc(-c2csc(CN3C(=O)c4ccccc4S3(=O)=O)n2)cc1. The lowest BCUT2D eigenvalue weighted by Crippen LogP contribution is -2.29. The molecule has 0 N–H and O–H groups in total. The molecular formula is C19H16N2O4S2. The number of thiazole rings is 1. The van der Waals surface area contributed by atoms with E-state index in [1.807, 2.05) is 36.6 Å². The molecule has 138 valence electrons. The lowest BCUT2D eigenvalue weighted by atomic mass is 10.2. The number of carbonyl (C=O) groups excluding carboxylic acids is 1. The molecule has 0 aliphatic carbocycles. The molecule has 2 aromatic carbocycles. The minimum Gasteiger partial charge on any atom is -0.494 e. The molecule has 0 unspecified atom stereocenters. The van der Waals surface area contributed by atoms with Gasteiger partial charge in [-0.05, 0) is 43.3 Å². The van der Waals surface area contributed by atoms with Crippen LogP contribution in [-0.4, -0.2) is 30.2 Å². The zero-order valence-corrected chi connectivity index (χ0v) is 16.1. The van der Waals surface area contributed by atoms with Gasteiger partial charge in [0.05, 0.1) is 24.4 Å². The van der Waals surface area contributed by atoms with Crippen molar-refractivity contribution in [2.45, 2.75) is 18.4 Å². The van der Waals surface area contributed by atoms with Crippen LogP contribution in [0.2, 0.25) is 0 Å². The fourth-order valence-corrected chi connectivity index (χ4v) is 5.32. The average molecular weight is 400 g/mol. The molecule has 0 saturated heterocycles. The van der Waals surface area contributed by atoms with E-state index in [0.29, 0.717) is 11.6 Å². The van der Waals surface area contributed by atoms with Crippen molar-refractivity contribution in [3.63, 3.8) is 0 Å². The zero-order valence-electron chi connectivity index (χ0n) is 14.5. The third kappa shape index (κ3) is 3.11. The number of hydrogen-bond acceptors (Lipinski definition) is 6. The molecule has 1 aliphatic heterocycles. The Bertz CT molecular complexity index is 1100. The second-order valence-corrected chi connectivity index (χ2v) is 8.67. The van der Waals surface area contributed by atoms with Crippen LogP contribution in [0.4, 0.5) is 0 Å². The molecule has 0 saturated carbocycles. The smallest absolute Gasteiger partial charge is 0.269 e. The summed E-state index contributed by atoms with van der Waals surface area (Å²) < 4.78 is 31.6. The number of nitrogens with zero attached hydrogens (tertiary/aromatic N) is 2. The second-order valence-electron chi connectivity index (χ2n) is 5.90. The van der Waals surface area contributed by atoms with Crippen LogP contribution in [0.5, 0.6) is 5.75 Å². The van der Waals surface area contributed by atoms with Crippen LogP contribution >= 0.6 is 11.3 Å². The van der Waals surface area contributed by atoms with Crippen molar-refractivity contribution in [2.75, 3.05) is 6.61 Å². The van der Waals surface area contributed by atoms with Gasteiger partial charge in [-0.15, -0.1) is 11.3 Å². The number of fused-ring (bicyclic) bond motifs is 1. The van der Waals surface area contributed by atoms with Crippen LogP contribution in [0.25, 0.3) is 11.3 Å². The predicted octanol–water partition coefficient (Wildman–Crippen LogP) is 3.55. The van der Waals surface area contributed by atoms with Gasteiger partial charge in [0.2, 0.25) is 0 Å². The Morgan fingerprint density at radius 3 is 2.56 bits per heavy atom. The van der Waals surface area contributed by atoms with E-state index < -0.39 is 15.9 Å². The number of hydrogen-bond donors (Lipinski definition) is 0. The van der Waals surface area contributed by atoms with Gasteiger partial charge in [-0.25, -0.2) is 17.7 Å². The Kier molecular flexibility index (Phi) is 4.45. The summed E-state index contributed by atoms with van der Waals surface area (Å²) in [5, 5.41) is 2.41. The third-order valence-electron chi connectivity index (χ3n) is 4.20. The van der Waals surface area contributed by atoms with Crippen molar-refractivity contribution in [3.8, 4) is 17.0 Å². The van der Waals surface area contributed by atoms with Crippen molar-refractivity contribution < 1.29 is 17.9 Å². The number of amides is 1. The molecule has 6 nitrogen and oxygen atoms in total. The van der Waals surface area contributed by atoms with E-state index in [9.17, 15) is 13.2 Å². The van der Waals surface area contributed by atoms with Gasteiger partial charge in [0.1, 0.15) is 15.7 Å². The summed E-state index contributed by atoms with van der Waals surface area (Å²) in [7, 11) is -3.83. The Balaban J connectivity index is 1.57.